The molecule has 3 rings (SSSR count). The Morgan fingerprint density at radius 1 is 1.30 bits per heavy atom. The molecule has 2 aliphatic rings. The molecule has 1 aromatic carbocycles. The molecule has 0 atom stereocenters. The lowest BCUT2D eigenvalue weighted by atomic mass is 9.83. The van der Waals surface area contributed by atoms with Crippen LogP contribution in [0, 0.1) is 11.3 Å². The molecular weight excluding hydrogens is 342 g/mol. The third-order valence-corrected chi connectivity index (χ3v) is 5.90. The molecule has 6 heteroatoms. The van der Waals surface area contributed by atoms with Gasteiger partial charge in [0.05, 0.1) is 11.6 Å². The standard InChI is InChI=1S/C21H29N3O3/c1-26-15-10-21(23-20(25)18-4-2-17(16-22)3-5-18)8-11-24(12-9-21)19-6-13-27-14-7-19/h2-5,19H,6-15H2,1H3,(H,23,25). The van der Waals surface area contributed by atoms with Gasteiger partial charge in [-0.05, 0) is 56.4 Å². The Labute approximate surface area is 161 Å². The van der Waals surface area contributed by atoms with Crippen LogP contribution in [0.15, 0.2) is 24.3 Å². The molecule has 2 heterocycles. The van der Waals surface area contributed by atoms with Crippen molar-refractivity contribution in [2.24, 2.45) is 0 Å². The second kappa shape index (κ2) is 9.32. The number of rotatable bonds is 6. The maximum absolute atomic E-state index is 12.8. The van der Waals surface area contributed by atoms with Gasteiger partial charge in [0, 0.05) is 57.2 Å². The molecule has 2 aliphatic heterocycles. The van der Waals surface area contributed by atoms with Crippen molar-refractivity contribution in [3.8, 4) is 6.07 Å². The number of amides is 1. The first-order valence-electron chi connectivity index (χ1n) is 9.79. The van der Waals surface area contributed by atoms with Gasteiger partial charge in [-0.25, -0.2) is 0 Å². The van der Waals surface area contributed by atoms with E-state index < -0.39 is 0 Å². The van der Waals surface area contributed by atoms with E-state index in [-0.39, 0.29) is 11.4 Å². The molecule has 0 aliphatic carbocycles. The molecule has 0 bridgehead atoms. The van der Waals surface area contributed by atoms with Crippen molar-refractivity contribution in [1.29, 1.82) is 5.26 Å². The third-order valence-electron chi connectivity index (χ3n) is 5.90. The van der Waals surface area contributed by atoms with Crippen LogP contribution < -0.4 is 5.32 Å². The molecule has 0 aromatic heterocycles. The summed E-state index contributed by atoms with van der Waals surface area (Å²) in [6.07, 6.45) is 4.87. The number of nitrogens with one attached hydrogen (secondary N) is 1. The minimum absolute atomic E-state index is 0.0740. The highest BCUT2D eigenvalue weighted by Gasteiger charge is 2.37. The molecule has 1 aromatic rings. The molecule has 1 N–H and O–H groups in total. The number of nitrogens with zero attached hydrogens (tertiary/aromatic N) is 2. The molecular formula is C21H29N3O3. The fourth-order valence-electron chi connectivity index (χ4n) is 4.11. The number of hydrogen-bond acceptors (Lipinski definition) is 5. The van der Waals surface area contributed by atoms with Gasteiger partial charge in [-0.1, -0.05) is 0 Å². The monoisotopic (exact) mass is 371 g/mol. The van der Waals surface area contributed by atoms with Crippen LogP contribution in [0.5, 0.6) is 0 Å². The lowest BCUT2D eigenvalue weighted by Gasteiger charge is -2.45. The molecule has 2 saturated heterocycles. The molecule has 1 amide bonds. The Hall–Kier alpha value is -1.94. The number of hydrogen-bond donors (Lipinski definition) is 1. The zero-order chi connectivity index (χ0) is 19.1. The van der Waals surface area contributed by atoms with Crippen LogP contribution >= 0.6 is 0 Å². The molecule has 0 spiro atoms. The molecule has 0 saturated carbocycles. The normalized spacial score (nSPS) is 20.7. The third kappa shape index (κ3) is 5.07. The maximum Gasteiger partial charge on any atom is 0.251 e. The highest BCUT2D eigenvalue weighted by atomic mass is 16.5. The zero-order valence-electron chi connectivity index (χ0n) is 16.1. The Morgan fingerprint density at radius 2 is 1.96 bits per heavy atom. The van der Waals surface area contributed by atoms with Gasteiger partial charge in [-0.2, -0.15) is 5.26 Å². The highest BCUT2D eigenvalue weighted by molar-refractivity contribution is 5.94. The highest BCUT2D eigenvalue weighted by Crippen LogP contribution is 2.29. The summed E-state index contributed by atoms with van der Waals surface area (Å²) in [5, 5.41) is 12.2. The first kappa shape index (κ1) is 19.8. The van der Waals surface area contributed by atoms with Gasteiger partial charge in [0.25, 0.3) is 5.91 Å². The van der Waals surface area contributed by atoms with Gasteiger partial charge in [0.1, 0.15) is 0 Å². The molecule has 0 unspecified atom stereocenters. The SMILES string of the molecule is COCCC1(NC(=O)c2ccc(C#N)cc2)CCN(C2CCOCC2)CC1. The van der Waals surface area contributed by atoms with Crippen LogP contribution in [0.4, 0.5) is 0 Å². The number of piperidine rings is 1. The minimum atomic E-state index is -0.233. The lowest BCUT2D eigenvalue weighted by molar-refractivity contribution is 0.00968. The number of ether oxygens (including phenoxy) is 2. The van der Waals surface area contributed by atoms with E-state index in [0.717, 1.165) is 58.4 Å². The first-order chi connectivity index (χ1) is 13.2. The van der Waals surface area contributed by atoms with E-state index >= 15 is 0 Å². The van der Waals surface area contributed by atoms with Gasteiger partial charge in [-0.15, -0.1) is 0 Å². The van der Waals surface area contributed by atoms with E-state index in [2.05, 4.69) is 16.3 Å². The van der Waals surface area contributed by atoms with Crippen molar-refractivity contribution in [1.82, 2.24) is 10.2 Å². The Morgan fingerprint density at radius 3 is 2.56 bits per heavy atom. The van der Waals surface area contributed by atoms with Gasteiger partial charge in [0.15, 0.2) is 0 Å². The van der Waals surface area contributed by atoms with Crippen molar-refractivity contribution >= 4 is 5.91 Å². The Balaban J connectivity index is 1.64. The van der Waals surface area contributed by atoms with Crippen molar-refractivity contribution in [3.05, 3.63) is 35.4 Å². The summed E-state index contributed by atoms with van der Waals surface area (Å²) >= 11 is 0. The molecule has 146 valence electrons. The molecule has 2 fully saturated rings. The second-order valence-electron chi connectivity index (χ2n) is 7.55. The summed E-state index contributed by atoms with van der Waals surface area (Å²) in [7, 11) is 1.70. The van der Waals surface area contributed by atoms with E-state index in [1.165, 1.54) is 0 Å². The van der Waals surface area contributed by atoms with Crippen LogP contribution in [0.1, 0.15) is 48.0 Å². The summed E-state index contributed by atoms with van der Waals surface area (Å²) in [6, 6.07) is 9.49. The van der Waals surface area contributed by atoms with Gasteiger partial charge in [-0.3, -0.25) is 4.79 Å². The number of likely N-dealkylation sites (tertiary alicyclic amines) is 1. The fourth-order valence-corrected chi connectivity index (χ4v) is 4.11. The van der Waals surface area contributed by atoms with E-state index in [4.69, 9.17) is 14.7 Å². The Kier molecular flexibility index (Phi) is 6.84. The summed E-state index contributed by atoms with van der Waals surface area (Å²) < 4.78 is 10.8. The van der Waals surface area contributed by atoms with Gasteiger partial charge in [0.2, 0.25) is 0 Å². The van der Waals surface area contributed by atoms with Crippen LogP contribution in [-0.4, -0.2) is 62.4 Å². The molecule has 0 radical (unpaired) electrons. The van der Waals surface area contributed by atoms with Crippen molar-refractivity contribution in [2.75, 3.05) is 40.0 Å². The number of methoxy groups -OCH3 is 1. The number of carbonyl (C=O) groups excluding carboxylic acids is 1. The topological polar surface area (TPSA) is 74.6 Å². The van der Waals surface area contributed by atoms with E-state index in [0.29, 0.717) is 23.8 Å². The van der Waals surface area contributed by atoms with Gasteiger partial charge < -0.3 is 19.7 Å². The summed E-state index contributed by atoms with van der Waals surface area (Å²) in [4.78, 5) is 15.4. The lowest BCUT2D eigenvalue weighted by Crippen LogP contribution is -2.57. The van der Waals surface area contributed by atoms with Crippen LogP contribution in [0.2, 0.25) is 0 Å². The summed E-state index contributed by atoms with van der Waals surface area (Å²) in [6.45, 7) is 4.31. The van der Waals surface area contributed by atoms with Crippen molar-refractivity contribution in [2.45, 2.75) is 43.7 Å². The number of nitriles is 1. The maximum atomic E-state index is 12.8. The summed E-state index contributed by atoms with van der Waals surface area (Å²) in [5.41, 5.74) is 0.922. The minimum Gasteiger partial charge on any atom is -0.385 e. The zero-order valence-corrected chi connectivity index (χ0v) is 16.1. The predicted octanol–water partition coefficient (Wildman–Crippen LogP) is 2.34. The fraction of sp³-hybridized carbons (Fsp3) is 0.619. The first-order valence-corrected chi connectivity index (χ1v) is 9.79. The van der Waals surface area contributed by atoms with Crippen LogP contribution in [0.3, 0.4) is 0 Å². The summed E-state index contributed by atoms with van der Waals surface area (Å²) in [5.74, 6) is -0.0740. The predicted molar refractivity (Wildman–Crippen MR) is 102 cm³/mol. The molecule has 6 nitrogen and oxygen atoms in total. The number of benzene rings is 1. The van der Waals surface area contributed by atoms with E-state index in [1.807, 2.05) is 0 Å². The van der Waals surface area contributed by atoms with Crippen LogP contribution in [0.25, 0.3) is 0 Å². The number of carbonyl (C=O) groups is 1. The average Bonchev–Trinajstić information content (AvgIpc) is 2.73. The smallest absolute Gasteiger partial charge is 0.251 e. The average molecular weight is 371 g/mol. The Bertz CT molecular complexity index is 654. The van der Waals surface area contributed by atoms with Crippen molar-refractivity contribution < 1.29 is 14.3 Å². The van der Waals surface area contributed by atoms with Gasteiger partial charge >= 0.3 is 0 Å². The quantitative estimate of drug-likeness (QED) is 0.831. The van der Waals surface area contributed by atoms with E-state index in [9.17, 15) is 4.79 Å². The second-order valence-corrected chi connectivity index (χ2v) is 7.55. The van der Waals surface area contributed by atoms with Crippen molar-refractivity contribution in [3.63, 3.8) is 0 Å². The van der Waals surface area contributed by atoms with E-state index in [1.54, 1.807) is 31.4 Å². The van der Waals surface area contributed by atoms with Crippen LogP contribution in [-0.2, 0) is 9.47 Å². The largest absolute Gasteiger partial charge is 0.385 e. The molecule has 27 heavy (non-hydrogen) atoms.